The van der Waals surface area contributed by atoms with Crippen molar-refractivity contribution in [2.24, 2.45) is 17.1 Å². The van der Waals surface area contributed by atoms with E-state index >= 15 is 0 Å². The third kappa shape index (κ3) is 9.22. The largest absolute Gasteiger partial charge is 0.493 e. The number of nitrogens with two attached hydrogens (primary N) is 1. The molecule has 1 unspecified atom stereocenters. The number of nitrogens with one attached hydrogen (secondary N) is 1. The zero-order valence-electron chi connectivity index (χ0n) is 31.5. The number of aliphatic hydroxyl groups is 1. The van der Waals surface area contributed by atoms with Crippen molar-refractivity contribution in [3.8, 4) is 17.2 Å². The number of aliphatic hydroxyl groups excluding tert-OH is 1. The highest BCUT2D eigenvalue weighted by atomic mass is 16.6. The summed E-state index contributed by atoms with van der Waals surface area (Å²) in [5, 5.41) is 21.9. The van der Waals surface area contributed by atoms with Crippen molar-refractivity contribution in [2.45, 2.75) is 90.0 Å². The second-order valence-electron chi connectivity index (χ2n) is 14.6. The molecular weight excluding hydrogens is 686 g/mol. The van der Waals surface area contributed by atoms with Gasteiger partial charge in [-0.3, -0.25) is 4.79 Å². The van der Waals surface area contributed by atoms with Gasteiger partial charge in [0, 0.05) is 41.3 Å². The van der Waals surface area contributed by atoms with Crippen LogP contribution < -0.4 is 25.3 Å². The Labute approximate surface area is 310 Å². The third-order valence-electron chi connectivity index (χ3n) is 10.1. The van der Waals surface area contributed by atoms with E-state index in [1.807, 2.05) is 39.8 Å². The van der Waals surface area contributed by atoms with Crippen LogP contribution in [-0.4, -0.2) is 97.4 Å². The van der Waals surface area contributed by atoms with E-state index in [-0.39, 0.29) is 42.1 Å². The lowest BCUT2D eigenvalue weighted by atomic mass is 9.53. The van der Waals surface area contributed by atoms with Crippen molar-refractivity contribution >= 4 is 24.1 Å². The standard InChI is InChI=1S/C18H21NO3.C12H24N2O4.C9H8O4/c1-19-8-7-18-11-4-5-13(20)17(18)22-16-14(21-2)6-3-10(15(16)18)9-12(11)19;1-5-6-12(4,7-17-10(13)15)8-18-11(16)14-9(2)3;1-6(10)13-8-5-3-2-4-7(8)9(11)12/h3-6,11-13,17,20H,7-9H2,1-2H3;9H,5-8H2,1-4H3,(H2,13,15)(H,14,16);2-5H,1H3,(H,11,12)/t11-,12+,13-,17-,18-;;/m0../s1. The monoisotopic (exact) mass is 739 g/mol. The van der Waals surface area contributed by atoms with E-state index in [1.165, 1.54) is 30.2 Å². The minimum atomic E-state index is -1.11. The Balaban J connectivity index is 0.000000185. The summed E-state index contributed by atoms with van der Waals surface area (Å²) in [6.07, 6.45) is 5.92. The van der Waals surface area contributed by atoms with E-state index in [0.29, 0.717) is 12.0 Å². The number of alkyl carbamates (subject to hydrolysis) is 1. The molecule has 14 nitrogen and oxygen atoms in total. The maximum atomic E-state index is 11.4. The van der Waals surface area contributed by atoms with Crippen molar-refractivity contribution in [3.63, 3.8) is 0 Å². The Morgan fingerprint density at radius 2 is 1.79 bits per heavy atom. The minimum Gasteiger partial charge on any atom is -0.493 e. The molecular formula is C39H53N3O11. The van der Waals surface area contributed by atoms with Crippen LogP contribution in [-0.2, 0) is 26.1 Å². The molecule has 2 aromatic rings. The maximum absolute atomic E-state index is 11.4. The summed E-state index contributed by atoms with van der Waals surface area (Å²) in [6.45, 7) is 10.2. The number of primary amides is 1. The molecule has 2 aromatic carbocycles. The molecule has 0 radical (unpaired) electrons. The van der Waals surface area contributed by atoms with Crippen LogP contribution in [0.2, 0.25) is 0 Å². The molecule has 2 aliphatic carbocycles. The number of ether oxygens (including phenoxy) is 5. The molecule has 2 bridgehead atoms. The van der Waals surface area contributed by atoms with Gasteiger partial charge in [-0.2, -0.15) is 0 Å². The van der Waals surface area contributed by atoms with Crippen LogP contribution in [0.1, 0.15) is 75.4 Å². The third-order valence-corrected chi connectivity index (χ3v) is 10.1. The van der Waals surface area contributed by atoms with E-state index in [0.717, 1.165) is 43.7 Å². The van der Waals surface area contributed by atoms with Crippen molar-refractivity contribution < 1.29 is 53.1 Å². The average Bonchev–Trinajstić information content (AvgIpc) is 3.45. The predicted octanol–water partition coefficient (Wildman–Crippen LogP) is 4.83. The number of aromatic carboxylic acids is 1. The second kappa shape index (κ2) is 17.3. The average molecular weight is 740 g/mol. The number of likely N-dealkylation sites (N-methyl/N-ethyl adjacent to an activating group) is 1. The Hall–Kier alpha value is -4.82. The van der Waals surface area contributed by atoms with E-state index in [9.17, 15) is 24.3 Å². The van der Waals surface area contributed by atoms with Gasteiger partial charge in [0.1, 0.15) is 36.7 Å². The summed E-state index contributed by atoms with van der Waals surface area (Å²) in [5.74, 6) is 0.514. The zero-order chi connectivity index (χ0) is 39.1. The fraction of sp³-hybridized carbons (Fsp3) is 0.538. The number of carboxylic acid groups (broad SMARTS) is 1. The number of para-hydroxylation sites is 1. The van der Waals surface area contributed by atoms with E-state index in [4.69, 9.17) is 29.8 Å². The number of hydrogen-bond donors (Lipinski definition) is 4. The Morgan fingerprint density at radius 3 is 2.42 bits per heavy atom. The lowest BCUT2D eigenvalue weighted by Crippen LogP contribution is -2.64. The summed E-state index contributed by atoms with van der Waals surface area (Å²) in [6, 6.07) is 10.7. The first kappa shape index (κ1) is 40.9. The zero-order valence-corrected chi connectivity index (χ0v) is 31.5. The fourth-order valence-corrected chi connectivity index (χ4v) is 7.83. The number of methoxy groups -OCH3 is 1. The number of carbonyl (C=O) groups excluding carboxylic acids is 3. The van der Waals surface area contributed by atoms with Gasteiger partial charge in [0.05, 0.1) is 7.11 Å². The Bertz CT molecular complexity index is 1680. The van der Waals surface area contributed by atoms with E-state index < -0.39 is 35.6 Å². The van der Waals surface area contributed by atoms with Crippen LogP contribution in [0.4, 0.5) is 9.59 Å². The Kier molecular flexibility index (Phi) is 13.4. The quantitative estimate of drug-likeness (QED) is 0.147. The highest BCUT2D eigenvalue weighted by molar-refractivity contribution is 5.91. The number of hydrogen-bond acceptors (Lipinski definition) is 11. The maximum Gasteiger partial charge on any atom is 0.407 e. The minimum absolute atomic E-state index is 0.0160. The van der Waals surface area contributed by atoms with Gasteiger partial charge in [-0.25, -0.2) is 14.4 Å². The normalized spacial score (nSPS) is 24.0. The molecule has 53 heavy (non-hydrogen) atoms. The van der Waals surface area contributed by atoms with Gasteiger partial charge in [-0.1, -0.05) is 50.6 Å². The highest BCUT2D eigenvalue weighted by Gasteiger charge is 2.64. The number of amides is 2. The number of carbonyl (C=O) groups is 4. The van der Waals surface area contributed by atoms with Gasteiger partial charge in [0.2, 0.25) is 0 Å². The van der Waals surface area contributed by atoms with Crippen molar-refractivity contribution in [1.29, 1.82) is 0 Å². The van der Waals surface area contributed by atoms with Crippen molar-refractivity contribution in [1.82, 2.24) is 10.2 Å². The van der Waals surface area contributed by atoms with Gasteiger partial charge in [0.15, 0.2) is 11.5 Å². The van der Waals surface area contributed by atoms with E-state index in [2.05, 4.69) is 34.1 Å². The molecule has 2 heterocycles. The number of esters is 1. The molecule has 0 aromatic heterocycles. The first-order chi connectivity index (χ1) is 25.1. The summed E-state index contributed by atoms with van der Waals surface area (Å²) in [5.41, 5.74) is 7.12. The van der Waals surface area contributed by atoms with Crippen LogP contribution >= 0.6 is 0 Å². The molecule has 4 aliphatic rings. The molecule has 1 spiro atoms. The number of likely N-dealkylation sites (tertiary alicyclic amines) is 1. The molecule has 290 valence electrons. The molecule has 2 aliphatic heterocycles. The lowest BCUT2D eigenvalue weighted by Gasteiger charge is -2.56. The summed E-state index contributed by atoms with van der Waals surface area (Å²) >= 11 is 0. The van der Waals surface area contributed by atoms with Crippen LogP contribution in [0, 0.1) is 11.3 Å². The SMILES string of the molecule is CC(=O)Oc1ccccc1C(=O)O.CCCC(C)(COC(N)=O)COC(=O)NC(C)C.COc1ccc2c3c1O[C@H]1[C@@H](O)C=C[C@H]4[C@@H](C2)N(C)CC[C@@]341. The topological polar surface area (TPSA) is 196 Å². The van der Waals surface area contributed by atoms with Gasteiger partial charge in [0.25, 0.3) is 0 Å². The molecule has 0 saturated carbocycles. The Morgan fingerprint density at radius 1 is 1.09 bits per heavy atom. The van der Waals surface area contributed by atoms with E-state index in [1.54, 1.807) is 19.2 Å². The van der Waals surface area contributed by atoms with Crippen LogP contribution in [0.25, 0.3) is 0 Å². The molecule has 1 fully saturated rings. The molecule has 1 saturated heterocycles. The van der Waals surface area contributed by atoms with Crippen LogP contribution in [0.5, 0.6) is 17.2 Å². The lowest BCUT2D eigenvalue weighted by molar-refractivity contribution is -0.131. The summed E-state index contributed by atoms with van der Waals surface area (Å²) in [4.78, 5) is 45.6. The molecule has 6 rings (SSSR count). The number of carboxylic acids is 1. The number of rotatable bonds is 10. The fourth-order valence-electron chi connectivity index (χ4n) is 7.83. The first-order valence-corrected chi connectivity index (χ1v) is 17.9. The van der Waals surface area contributed by atoms with Gasteiger partial charge < -0.3 is 49.8 Å². The van der Waals surface area contributed by atoms with Crippen LogP contribution in [0.15, 0.2) is 48.6 Å². The number of piperidine rings is 1. The number of benzene rings is 2. The molecule has 5 N–H and O–H groups in total. The van der Waals surface area contributed by atoms with Crippen molar-refractivity contribution in [2.75, 3.05) is 33.9 Å². The molecule has 6 atom stereocenters. The van der Waals surface area contributed by atoms with Crippen molar-refractivity contribution in [3.05, 3.63) is 65.2 Å². The summed E-state index contributed by atoms with van der Waals surface area (Å²) < 4.78 is 26.4. The van der Waals surface area contributed by atoms with Crippen LogP contribution in [0.3, 0.4) is 0 Å². The molecule has 2 amide bonds. The first-order valence-electron chi connectivity index (χ1n) is 17.9. The summed E-state index contributed by atoms with van der Waals surface area (Å²) in [7, 11) is 3.91. The number of nitrogens with zero attached hydrogens (tertiary/aromatic N) is 1. The second-order valence-corrected chi connectivity index (χ2v) is 14.6. The smallest absolute Gasteiger partial charge is 0.407 e. The predicted molar refractivity (Wildman–Crippen MR) is 195 cm³/mol. The van der Waals surface area contributed by atoms with Gasteiger partial charge >= 0.3 is 24.1 Å². The molecule has 14 heteroatoms. The van der Waals surface area contributed by atoms with Gasteiger partial charge in [-0.15, -0.1) is 0 Å². The van der Waals surface area contributed by atoms with Gasteiger partial charge in [-0.05, 0) is 70.5 Å². The highest BCUT2D eigenvalue weighted by Crippen LogP contribution is 2.62.